The van der Waals surface area contributed by atoms with E-state index in [0.717, 1.165) is 31.3 Å². The fraction of sp³-hybridized carbons (Fsp3) is 0.333. The molecular weight excluding hydrogens is 449 g/mol. The third kappa shape index (κ3) is 4.24. The Hall–Kier alpha value is -3.02. The van der Waals surface area contributed by atoms with Crippen LogP contribution < -0.4 is 11.1 Å². The molecule has 1 atom stereocenters. The highest BCUT2D eigenvalue weighted by molar-refractivity contribution is 6.34. The van der Waals surface area contributed by atoms with Crippen LogP contribution in [0.5, 0.6) is 0 Å². The summed E-state index contributed by atoms with van der Waals surface area (Å²) in [7, 11) is 0. The number of nitrogens with two attached hydrogens (primary N) is 1. The lowest BCUT2D eigenvalue weighted by Crippen LogP contribution is -2.51. The molecule has 0 bridgehead atoms. The Kier molecular flexibility index (Phi) is 5.55. The molecule has 3 N–H and O–H groups in total. The first-order valence-electron chi connectivity index (χ1n) is 8.63. The number of amidine groups is 1. The van der Waals surface area contributed by atoms with E-state index in [1.165, 1.54) is 0 Å². The van der Waals surface area contributed by atoms with Crippen molar-refractivity contribution >= 4 is 29.3 Å². The van der Waals surface area contributed by atoms with Crippen LogP contribution in [0.1, 0.15) is 35.6 Å². The maximum Gasteiger partial charge on any atom is 0.311 e. The fourth-order valence-electron chi connectivity index (χ4n) is 2.74. The van der Waals surface area contributed by atoms with Crippen molar-refractivity contribution in [3.05, 3.63) is 52.2 Å². The van der Waals surface area contributed by atoms with Gasteiger partial charge in [0, 0.05) is 18.7 Å². The van der Waals surface area contributed by atoms with E-state index >= 15 is 0 Å². The molecule has 1 aliphatic heterocycles. The van der Waals surface area contributed by atoms with E-state index in [0.29, 0.717) is 6.92 Å². The number of hydrogen-bond donors (Lipinski definition) is 2. The standard InChI is InChI=1S/C18H15ClF5N5O2/c1-16(18(23,24)7-31-15(25)29-16)13-10(20)3-4-11(27-13)28-14(30)12-9(19)5-8(6-26-12)17(2,21)22/h3-6H,7H2,1-2H3,(H2,25,29)(H,27,28,30). The molecular formula is C18H15ClF5N5O2. The average molecular weight is 464 g/mol. The summed E-state index contributed by atoms with van der Waals surface area (Å²) in [4.78, 5) is 23.3. The van der Waals surface area contributed by atoms with Gasteiger partial charge in [-0.25, -0.2) is 28.1 Å². The van der Waals surface area contributed by atoms with Crippen LogP contribution in [0.4, 0.5) is 27.8 Å². The lowest BCUT2D eigenvalue weighted by molar-refractivity contribution is -0.118. The molecule has 2 aromatic rings. The summed E-state index contributed by atoms with van der Waals surface area (Å²) in [5.41, 5.74) is 1.13. The molecule has 0 saturated heterocycles. The Labute approximate surface area is 177 Å². The van der Waals surface area contributed by atoms with Crippen LogP contribution in [0, 0.1) is 5.82 Å². The molecule has 3 heterocycles. The van der Waals surface area contributed by atoms with Crippen molar-refractivity contribution in [1.82, 2.24) is 9.97 Å². The minimum Gasteiger partial charge on any atom is -0.459 e. The fourth-order valence-corrected chi connectivity index (χ4v) is 2.99. The molecule has 7 nitrogen and oxygen atoms in total. The maximum absolute atomic E-state index is 14.5. The number of rotatable bonds is 4. The van der Waals surface area contributed by atoms with Gasteiger partial charge in [-0.3, -0.25) is 4.79 Å². The lowest BCUT2D eigenvalue weighted by atomic mass is 9.89. The van der Waals surface area contributed by atoms with Gasteiger partial charge in [-0.05, 0) is 25.1 Å². The second-order valence-electron chi connectivity index (χ2n) is 6.94. The van der Waals surface area contributed by atoms with E-state index in [-0.39, 0.29) is 10.8 Å². The molecule has 31 heavy (non-hydrogen) atoms. The Bertz CT molecular complexity index is 1080. The van der Waals surface area contributed by atoms with E-state index in [1.807, 2.05) is 0 Å². The van der Waals surface area contributed by atoms with Crippen molar-refractivity contribution in [2.24, 2.45) is 10.7 Å². The molecule has 1 aliphatic rings. The highest BCUT2D eigenvalue weighted by atomic mass is 35.5. The molecule has 0 saturated carbocycles. The van der Waals surface area contributed by atoms with Crippen molar-refractivity contribution in [1.29, 1.82) is 0 Å². The largest absolute Gasteiger partial charge is 0.459 e. The number of amides is 1. The first-order chi connectivity index (χ1) is 14.2. The Morgan fingerprint density at radius 2 is 2.03 bits per heavy atom. The van der Waals surface area contributed by atoms with Gasteiger partial charge in [0.25, 0.3) is 17.9 Å². The number of anilines is 1. The molecule has 1 unspecified atom stereocenters. The first-order valence-corrected chi connectivity index (χ1v) is 9.00. The van der Waals surface area contributed by atoms with Crippen molar-refractivity contribution in [2.75, 3.05) is 11.9 Å². The van der Waals surface area contributed by atoms with E-state index in [9.17, 15) is 26.7 Å². The molecule has 0 aromatic carbocycles. The number of hydrogen-bond acceptors (Lipinski definition) is 6. The minimum atomic E-state index is -3.67. The molecule has 13 heteroatoms. The minimum absolute atomic E-state index is 0.332. The summed E-state index contributed by atoms with van der Waals surface area (Å²) in [6, 6.07) is 2.10. The number of aliphatic imine (C=N–C) groups is 1. The molecule has 2 aromatic heterocycles. The van der Waals surface area contributed by atoms with E-state index in [2.05, 4.69) is 25.0 Å². The average Bonchev–Trinajstić information content (AvgIpc) is 2.66. The summed E-state index contributed by atoms with van der Waals surface area (Å²) in [5, 5.41) is 1.84. The normalized spacial score (nSPS) is 20.6. The highest BCUT2D eigenvalue weighted by Crippen LogP contribution is 2.43. The van der Waals surface area contributed by atoms with Crippen LogP contribution in [0.15, 0.2) is 29.4 Å². The zero-order valence-electron chi connectivity index (χ0n) is 16.0. The van der Waals surface area contributed by atoms with Crippen LogP contribution in [-0.2, 0) is 16.2 Å². The number of carbonyl (C=O) groups is 1. The van der Waals surface area contributed by atoms with Gasteiger partial charge in [-0.1, -0.05) is 11.6 Å². The van der Waals surface area contributed by atoms with Crippen molar-refractivity contribution in [3.8, 4) is 0 Å². The predicted molar refractivity (Wildman–Crippen MR) is 101 cm³/mol. The number of carbonyl (C=O) groups excluding carboxylic acids is 1. The summed E-state index contributed by atoms with van der Waals surface area (Å²) in [5.74, 6) is -9.33. The zero-order valence-corrected chi connectivity index (χ0v) is 16.8. The topological polar surface area (TPSA) is 102 Å². The number of alkyl halides is 4. The van der Waals surface area contributed by atoms with Crippen LogP contribution in [0.2, 0.25) is 5.02 Å². The number of nitrogens with one attached hydrogen (secondary N) is 1. The van der Waals surface area contributed by atoms with Gasteiger partial charge in [-0.2, -0.15) is 8.78 Å². The van der Waals surface area contributed by atoms with Gasteiger partial charge in [0.1, 0.15) is 23.0 Å². The zero-order chi connectivity index (χ0) is 23.2. The monoisotopic (exact) mass is 463 g/mol. The Morgan fingerprint density at radius 3 is 2.65 bits per heavy atom. The number of aromatic nitrogens is 2. The summed E-state index contributed by atoms with van der Waals surface area (Å²) in [6.07, 6.45) is 0.769. The molecule has 1 amide bonds. The van der Waals surface area contributed by atoms with Crippen LogP contribution >= 0.6 is 11.6 Å². The van der Waals surface area contributed by atoms with Gasteiger partial charge in [0.2, 0.25) is 0 Å². The van der Waals surface area contributed by atoms with E-state index in [1.54, 1.807) is 0 Å². The first kappa shape index (κ1) is 22.7. The van der Waals surface area contributed by atoms with Crippen molar-refractivity contribution in [3.63, 3.8) is 0 Å². The molecule has 3 rings (SSSR count). The number of pyridine rings is 2. The second-order valence-corrected chi connectivity index (χ2v) is 7.35. The number of nitrogens with zero attached hydrogens (tertiary/aromatic N) is 3. The van der Waals surface area contributed by atoms with Crippen molar-refractivity contribution < 1.29 is 31.5 Å². The second kappa shape index (κ2) is 7.59. The Balaban J connectivity index is 1.94. The smallest absolute Gasteiger partial charge is 0.311 e. The number of halogens is 6. The van der Waals surface area contributed by atoms with Crippen LogP contribution in [-0.4, -0.2) is 34.4 Å². The third-order valence-electron chi connectivity index (χ3n) is 4.56. The number of ether oxygens (including phenoxy) is 1. The SMILES string of the molecule is CC(F)(F)c1cnc(C(=O)Nc2ccc(F)c(C3(C)N=C(N)OCC3(F)F)n2)c(Cl)c1. The predicted octanol–water partition coefficient (Wildman–Crippen LogP) is 3.83. The van der Waals surface area contributed by atoms with Gasteiger partial charge in [0.05, 0.1) is 5.02 Å². The maximum atomic E-state index is 14.5. The van der Waals surface area contributed by atoms with Gasteiger partial charge >= 0.3 is 5.92 Å². The Morgan fingerprint density at radius 1 is 1.35 bits per heavy atom. The van der Waals surface area contributed by atoms with E-state index < -0.39 is 58.7 Å². The van der Waals surface area contributed by atoms with Crippen LogP contribution in [0.25, 0.3) is 0 Å². The molecule has 0 spiro atoms. The highest BCUT2D eigenvalue weighted by Gasteiger charge is 2.57. The summed E-state index contributed by atoms with van der Waals surface area (Å²) in [6.45, 7) is 0.401. The lowest BCUT2D eigenvalue weighted by Gasteiger charge is -2.36. The third-order valence-corrected chi connectivity index (χ3v) is 4.85. The molecule has 0 fully saturated rings. The molecule has 166 valence electrons. The van der Waals surface area contributed by atoms with E-state index in [4.69, 9.17) is 17.3 Å². The molecule has 0 radical (unpaired) electrons. The summed E-state index contributed by atoms with van der Waals surface area (Å²) >= 11 is 5.87. The quantitative estimate of drug-likeness (QED) is 0.671. The van der Waals surface area contributed by atoms with Gasteiger partial charge in [-0.15, -0.1) is 0 Å². The molecule has 0 aliphatic carbocycles. The van der Waals surface area contributed by atoms with Gasteiger partial charge < -0.3 is 15.8 Å². The van der Waals surface area contributed by atoms with Crippen molar-refractivity contribution in [2.45, 2.75) is 31.2 Å². The summed E-state index contributed by atoms with van der Waals surface area (Å²) < 4.78 is 74.6. The van der Waals surface area contributed by atoms with Gasteiger partial charge in [0.15, 0.2) is 12.1 Å². The van der Waals surface area contributed by atoms with Crippen LogP contribution in [0.3, 0.4) is 0 Å².